The lowest BCUT2D eigenvalue weighted by molar-refractivity contribution is -0.387. The fraction of sp³-hybridized carbons (Fsp3) is 0.143. The Morgan fingerprint density at radius 2 is 2.00 bits per heavy atom. The van der Waals surface area contributed by atoms with Crippen molar-refractivity contribution in [3.05, 3.63) is 68.4 Å². The number of hydrogen-bond donors (Lipinski definition) is 1. The molecule has 0 aromatic heterocycles. The van der Waals surface area contributed by atoms with Gasteiger partial charge in [0.2, 0.25) is 5.82 Å². The molecule has 0 saturated carbocycles. The first-order chi connectivity index (χ1) is 9.49. The predicted octanol–water partition coefficient (Wildman–Crippen LogP) is 4.67. The first-order valence-corrected chi connectivity index (χ1v) is 6.73. The van der Waals surface area contributed by atoms with Crippen LogP contribution in [0.25, 0.3) is 0 Å². The fourth-order valence-electron chi connectivity index (χ4n) is 1.90. The SMILES string of the molecule is CC(Nc1ccc([N+](=O)[O-])c(F)c1)c1ccccc1Br. The lowest BCUT2D eigenvalue weighted by atomic mass is 10.1. The largest absolute Gasteiger partial charge is 0.378 e. The molecule has 0 heterocycles. The van der Waals surface area contributed by atoms with Crippen LogP contribution in [-0.2, 0) is 0 Å². The third-order valence-electron chi connectivity index (χ3n) is 2.90. The van der Waals surface area contributed by atoms with Crippen LogP contribution in [-0.4, -0.2) is 4.92 Å². The summed E-state index contributed by atoms with van der Waals surface area (Å²) in [5.74, 6) is -0.848. The average molecular weight is 339 g/mol. The van der Waals surface area contributed by atoms with Crippen LogP contribution >= 0.6 is 15.9 Å². The molecule has 2 aromatic rings. The number of nitro benzene ring substituents is 1. The molecule has 1 N–H and O–H groups in total. The van der Waals surface area contributed by atoms with Crippen LogP contribution in [0.4, 0.5) is 15.8 Å². The van der Waals surface area contributed by atoms with Crippen LogP contribution in [0, 0.1) is 15.9 Å². The zero-order chi connectivity index (χ0) is 14.7. The standard InChI is InChI=1S/C14H12BrFN2O2/c1-9(11-4-2-3-5-12(11)15)17-10-6-7-14(18(19)20)13(16)8-10/h2-9,17H,1H3. The molecular formula is C14H12BrFN2O2. The molecule has 6 heteroatoms. The molecule has 2 aromatic carbocycles. The second-order valence-electron chi connectivity index (χ2n) is 4.31. The summed E-state index contributed by atoms with van der Waals surface area (Å²) < 4.78 is 14.5. The topological polar surface area (TPSA) is 55.2 Å². The second kappa shape index (κ2) is 6.00. The highest BCUT2D eigenvalue weighted by Gasteiger charge is 2.15. The van der Waals surface area contributed by atoms with Crippen molar-refractivity contribution in [3.63, 3.8) is 0 Å². The van der Waals surface area contributed by atoms with Crippen LogP contribution in [0.1, 0.15) is 18.5 Å². The lowest BCUT2D eigenvalue weighted by Crippen LogP contribution is -2.07. The van der Waals surface area contributed by atoms with Crippen molar-refractivity contribution in [2.75, 3.05) is 5.32 Å². The summed E-state index contributed by atoms with van der Waals surface area (Å²) in [5.41, 5.74) is 0.992. The van der Waals surface area contributed by atoms with Crippen LogP contribution in [0.3, 0.4) is 0 Å². The Balaban J connectivity index is 2.20. The van der Waals surface area contributed by atoms with Gasteiger partial charge in [0, 0.05) is 28.3 Å². The molecule has 1 atom stereocenters. The molecule has 0 spiro atoms. The molecule has 0 aliphatic rings. The highest BCUT2D eigenvalue weighted by molar-refractivity contribution is 9.10. The number of nitrogens with one attached hydrogen (secondary N) is 1. The van der Waals surface area contributed by atoms with Gasteiger partial charge in [-0.3, -0.25) is 10.1 Å². The van der Waals surface area contributed by atoms with Crippen molar-refractivity contribution in [1.29, 1.82) is 0 Å². The van der Waals surface area contributed by atoms with Gasteiger partial charge in [0.25, 0.3) is 0 Å². The Bertz CT molecular complexity index is 649. The van der Waals surface area contributed by atoms with E-state index in [1.54, 1.807) is 0 Å². The molecule has 4 nitrogen and oxygen atoms in total. The molecule has 0 fully saturated rings. The molecule has 2 rings (SSSR count). The number of halogens is 2. The smallest absolute Gasteiger partial charge is 0.304 e. The summed E-state index contributed by atoms with van der Waals surface area (Å²) >= 11 is 3.45. The highest BCUT2D eigenvalue weighted by atomic mass is 79.9. The van der Waals surface area contributed by atoms with Crippen LogP contribution in [0.2, 0.25) is 0 Å². The van der Waals surface area contributed by atoms with Crippen LogP contribution in [0.15, 0.2) is 46.9 Å². The molecule has 0 aliphatic heterocycles. The maximum absolute atomic E-state index is 13.5. The minimum absolute atomic E-state index is 0.0635. The Hall–Kier alpha value is -1.95. The van der Waals surface area contributed by atoms with E-state index in [0.717, 1.165) is 22.2 Å². The Morgan fingerprint density at radius 3 is 2.60 bits per heavy atom. The Labute approximate surface area is 123 Å². The molecule has 0 radical (unpaired) electrons. The van der Waals surface area contributed by atoms with E-state index in [1.807, 2.05) is 31.2 Å². The second-order valence-corrected chi connectivity index (χ2v) is 5.17. The summed E-state index contributed by atoms with van der Waals surface area (Å²) in [6, 6.07) is 11.4. The quantitative estimate of drug-likeness (QED) is 0.651. The number of rotatable bonds is 4. The van der Waals surface area contributed by atoms with Crippen LogP contribution < -0.4 is 5.32 Å². The van der Waals surface area contributed by atoms with Gasteiger partial charge in [0.15, 0.2) is 0 Å². The molecule has 0 bridgehead atoms. The Kier molecular flexibility index (Phi) is 4.34. The minimum Gasteiger partial charge on any atom is -0.378 e. The molecule has 20 heavy (non-hydrogen) atoms. The van der Waals surface area contributed by atoms with E-state index >= 15 is 0 Å². The number of anilines is 1. The van der Waals surface area contributed by atoms with Gasteiger partial charge in [-0.2, -0.15) is 4.39 Å². The zero-order valence-electron chi connectivity index (χ0n) is 10.6. The molecule has 104 valence electrons. The maximum Gasteiger partial charge on any atom is 0.304 e. The zero-order valence-corrected chi connectivity index (χ0v) is 12.2. The summed E-state index contributed by atoms with van der Waals surface area (Å²) in [6.45, 7) is 1.93. The third-order valence-corrected chi connectivity index (χ3v) is 3.62. The Morgan fingerprint density at radius 1 is 1.30 bits per heavy atom. The van der Waals surface area contributed by atoms with Gasteiger partial charge in [0.1, 0.15) is 0 Å². The number of benzene rings is 2. The normalized spacial score (nSPS) is 11.9. The van der Waals surface area contributed by atoms with Crippen molar-refractivity contribution >= 4 is 27.3 Å². The van der Waals surface area contributed by atoms with Crippen molar-refractivity contribution in [3.8, 4) is 0 Å². The van der Waals surface area contributed by atoms with Gasteiger partial charge in [0.05, 0.1) is 4.92 Å². The summed E-state index contributed by atoms with van der Waals surface area (Å²) in [7, 11) is 0. The highest BCUT2D eigenvalue weighted by Crippen LogP contribution is 2.27. The summed E-state index contributed by atoms with van der Waals surface area (Å²) in [5, 5.41) is 13.7. The number of nitro groups is 1. The maximum atomic E-state index is 13.5. The van der Waals surface area contributed by atoms with Gasteiger partial charge in [-0.05, 0) is 24.6 Å². The number of hydrogen-bond acceptors (Lipinski definition) is 3. The summed E-state index contributed by atoms with van der Waals surface area (Å²) in [6.07, 6.45) is 0. The summed E-state index contributed by atoms with van der Waals surface area (Å²) in [4.78, 5) is 9.82. The van der Waals surface area contributed by atoms with Crippen molar-refractivity contribution in [1.82, 2.24) is 0 Å². The molecular weight excluding hydrogens is 327 g/mol. The van der Waals surface area contributed by atoms with E-state index in [1.165, 1.54) is 6.07 Å². The predicted molar refractivity (Wildman–Crippen MR) is 79.2 cm³/mol. The fourth-order valence-corrected chi connectivity index (χ4v) is 2.53. The van der Waals surface area contributed by atoms with Gasteiger partial charge >= 0.3 is 5.69 Å². The van der Waals surface area contributed by atoms with E-state index in [2.05, 4.69) is 21.2 Å². The van der Waals surface area contributed by atoms with Gasteiger partial charge in [-0.15, -0.1) is 0 Å². The lowest BCUT2D eigenvalue weighted by Gasteiger charge is -2.17. The van der Waals surface area contributed by atoms with E-state index in [4.69, 9.17) is 0 Å². The van der Waals surface area contributed by atoms with Gasteiger partial charge in [-0.25, -0.2) is 0 Å². The van der Waals surface area contributed by atoms with Crippen molar-refractivity contribution < 1.29 is 9.31 Å². The molecule has 0 aliphatic carbocycles. The molecule has 0 amide bonds. The molecule has 1 unspecified atom stereocenters. The minimum atomic E-state index is -0.848. The average Bonchev–Trinajstić information content (AvgIpc) is 2.38. The van der Waals surface area contributed by atoms with E-state index in [9.17, 15) is 14.5 Å². The third kappa shape index (κ3) is 3.14. The van der Waals surface area contributed by atoms with Gasteiger partial charge in [-0.1, -0.05) is 34.1 Å². The van der Waals surface area contributed by atoms with E-state index < -0.39 is 16.4 Å². The monoisotopic (exact) mass is 338 g/mol. The van der Waals surface area contributed by atoms with Crippen molar-refractivity contribution in [2.45, 2.75) is 13.0 Å². The molecule has 0 saturated heterocycles. The number of nitrogens with zero attached hydrogens (tertiary/aromatic N) is 1. The van der Waals surface area contributed by atoms with E-state index in [0.29, 0.717) is 5.69 Å². The first-order valence-electron chi connectivity index (χ1n) is 5.94. The van der Waals surface area contributed by atoms with E-state index in [-0.39, 0.29) is 6.04 Å². The first kappa shape index (κ1) is 14.5. The van der Waals surface area contributed by atoms with Crippen LogP contribution in [0.5, 0.6) is 0 Å². The van der Waals surface area contributed by atoms with Crippen molar-refractivity contribution in [2.24, 2.45) is 0 Å². The van der Waals surface area contributed by atoms with Gasteiger partial charge < -0.3 is 5.32 Å².